The molecule has 5 heteroatoms. The fraction of sp³-hybridized carbons (Fsp3) is 0.143. The molecule has 1 aromatic carbocycles. The van der Waals surface area contributed by atoms with Gasteiger partial charge in [-0.15, -0.1) is 0 Å². The molecule has 1 amide bonds. The smallest absolute Gasteiger partial charge is 0.256 e. The molecule has 0 radical (unpaired) electrons. The maximum Gasteiger partial charge on any atom is 0.256 e. The molecular weight excluding hydrogens is 262 g/mol. The van der Waals surface area contributed by atoms with Crippen molar-refractivity contribution in [1.29, 1.82) is 0 Å². The highest BCUT2D eigenvalue weighted by Crippen LogP contribution is 2.42. The largest absolute Gasteiger partial charge is 0.314 e. The second kappa shape index (κ2) is 4.05. The van der Waals surface area contributed by atoms with Crippen molar-refractivity contribution in [3.05, 3.63) is 53.3 Å². The fourth-order valence-corrected chi connectivity index (χ4v) is 2.50. The van der Waals surface area contributed by atoms with Gasteiger partial charge in [0.15, 0.2) is 0 Å². The Labute approximate surface area is 115 Å². The number of hydrogen-bond donors (Lipinski definition) is 1. The van der Waals surface area contributed by atoms with Gasteiger partial charge >= 0.3 is 0 Å². The van der Waals surface area contributed by atoms with Crippen molar-refractivity contribution in [2.45, 2.75) is 12.5 Å². The number of rotatable bonds is 1. The summed E-state index contributed by atoms with van der Waals surface area (Å²) < 4.78 is 0. The predicted octanol–water partition coefficient (Wildman–Crippen LogP) is 2.59. The van der Waals surface area contributed by atoms with Crippen LogP contribution in [0, 0.1) is 0 Å². The van der Waals surface area contributed by atoms with Gasteiger partial charge in [0.05, 0.1) is 11.4 Å². The molecule has 1 aliphatic rings. The fourth-order valence-electron chi connectivity index (χ4n) is 2.31. The highest BCUT2D eigenvalue weighted by atomic mass is 35.5. The van der Waals surface area contributed by atoms with E-state index in [1.54, 1.807) is 48.5 Å². The van der Waals surface area contributed by atoms with Crippen LogP contribution in [0.5, 0.6) is 0 Å². The normalized spacial score (nSPS) is 21.6. The SMILES string of the molecule is CC1(N)C(=O)N(c2cccc(Cl)c2)c2ccncc21. The van der Waals surface area contributed by atoms with Crippen LogP contribution in [-0.2, 0) is 10.3 Å². The quantitative estimate of drug-likeness (QED) is 0.869. The molecule has 1 atom stereocenters. The first-order valence-corrected chi connectivity index (χ1v) is 6.23. The van der Waals surface area contributed by atoms with Crippen LogP contribution in [0.15, 0.2) is 42.7 Å². The van der Waals surface area contributed by atoms with Crippen LogP contribution in [0.25, 0.3) is 0 Å². The minimum atomic E-state index is -1.06. The van der Waals surface area contributed by atoms with Crippen LogP contribution >= 0.6 is 11.6 Å². The zero-order valence-electron chi connectivity index (χ0n) is 10.3. The standard InChI is InChI=1S/C14H12ClN3O/c1-14(16)11-8-17-6-5-12(11)18(13(14)19)10-4-2-3-9(15)7-10/h2-8H,16H2,1H3. The molecule has 0 spiro atoms. The topological polar surface area (TPSA) is 59.2 Å². The molecule has 3 rings (SSSR count). The van der Waals surface area contributed by atoms with Crippen molar-refractivity contribution < 1.29 is 4.79 Å². The summed E-state index contributed by atoms with van der Waals surface area (Å²) in [6.45, 7) is 1.69. The molecule has 96 valence electrons. The monoisotopic (exact) mass is 273 g/mol. The number of halogens is 1. The Bertz CT molecular complexity index is 669. The Kier molecular flexibility index (Phi) is 2.59. The van der Waals surface area contributed by atoms with E-state index in [-0.39, 0.29) is 5.91 Å². The second-order valence-corrected chi connectivity index (χ2v) is 5.15. The van der Waals surface area contributed by atoms with E-state index in [2.05, 4.69) is 4.98 Å². The number of pyridine rings is 1. The molecular formula is C14H12ClN3O. The van der Waals surface area contributed by atoms with E-state index in [9.17, 15) is 4.79 Å². The summed E-state index contributed by atoms with van der Waals surface area (Å²) in [4.78, 5) is 18.2. The molecule has 2 heterocycles. The molecule has 1 aliphatic heterocycles. The lowest BCUT2D eigenvalue weighted by atomic mass is 9.97. The van der Waals surface area contributed by atoms with Crippen molar-refractivity contribution in [3.63, 3.8) is 0 Å². The summed E-state index contributed by atoms with van der Waals surface area (Å²) >= 11 is 5.99. The van der Waals surface area contributed by atoms with Gasteiger partial charge in [-0.05, 0) is 31.2 Å². The van der Waals surface area contributed by atoms with Crippen LogP contribution in [0.4, 0.5) is 11.4 Å². The van der Waals surface area contributed by atoms with Gasteiger partial charge in [-0.3, -0.25) is 14.7 Å². The Morgan fingerprint density at radius 1 is 1.37 bits per heavy atom. The van der Waals surface area contributed by atoms with Crippen molar-refractivity contribution in [2.75, 3.05) is 4.90 Å². The number of amides is 1. The van der Waals surface area contributed by atoms with E-state index >= 15 is 0 Å². The molecule has 1 aromatic heterocycles. The van der Waals surface area contributed by atoms with E-state index in [4.69, 9.17) is 17.3 Å². The highest BCUT2D eigenvalue weighted by molar-refractivity contribution is 6.31. The van der Waals surface area contributed by atoms with E-state index in [0.717, 1.165) is 11.3 Å². The zero-order valence-corrected chi connectivity index (χ0v) is 11.1. The third kappa shape index (κ3) is 1.72. The Balaban J connectivity index is 2.21. The minimum absolute atomic E-state index is 0.183. The zero-order chi connectivity index (χ0) is 13.6. The van der Waals surface area contributed by atoms with Gasteiger partial charge in [-0.1, -0.05) is 17.7 Å². The molecule has 0 saturated heterocycles. The van der Waals surface area contributed by atoms with Gasteiger partial charge in [0.2, 0.25) is 0 Å². The van der Waals surface area contributed by atoms with Crippen LogP contribution in [-0.4, -0.2) is 10.9 Å². The lowest BCUT2D eigenvalue weighted by Gasteiger charge is -2.20. The van der Waals surface area contributed by atoms with Crippen molar-refractivity contribution >= 4 is 28.9 Å². The van der Waals surface area contributed by atoms with Crippen LogP contribution < -0.4 is 10.6 Å². The van der Waals surface area contributed by atoms with Crippen molar-refractivity contribution in [3.8, 4) is 0 Å². The maximum atomic E-state index is 12.5. The summed E-state index contributed by atoms with van der Waals surface area (Å²) in [7, 11) is 0. The Morgan fingerprint density at radius 3 is 2.89 bits per heavy atom. The summed E-state index contributed by atoms with van der Waals surface area (Å²) in [6, 6.07) is 8.92. The first kappa shape index (κ1) is 12.1. The first-order chi connectivity index (χ1) is 9.01. The average Bonchev–Trinajstić information content (AvgIpc) is 2.58. The van der Waals surface area contributed by atoms with Gasteiger partial charge in [0.25, 0.3) is 5.91 Å². The summed E-state index contributed by atoms with van der Waals surface area (Å²) in [5, 5.41) is 0.575. The highest BCUT2D eigenvalue weighted by Gasteiger charge is 2.45. The number of carbonyl (C=O) groups excluding carboxylic acids is 1. The van der Waals surface area contributed by atoms with Crippen molar-refractivity contribution in [1.82, 2.24) is 4.98 Å². The molecule has 0 saturated carbocycles. The minimum Gasteiger partial charge on any atom is -0.314 e. The number of anilines is 2. The number of nitrogens with zero attached hydrogens (tertiary/aromatic N) is 2. The van der Waals surface area contributed by atoms with E-state index in [1.807, 2.05) is 6.07 Å². The summed E-state index contributed by atoms with van der Waals surface area (Å²) in [5.74, 6) is -0.183. The lowest BCUT2D eigenvalue weighted by Crippen LogP contribution is -2.43. The van der Waals surface area contributed by atoms with Gasteiger partial charge < -0.3 is 5.73 Å². The van der Waals surface area contributed by atoms with Crippen LogP contribution in [0.1, 0.15) is 12.5 Å². The number of aromatic nitrogens is 1. The van der Waals surface area contributed by atoms with Gasteiger partial charge in [0, 0.05) is 23.0 Å². The van der Waals surface area contributed by atoms with E-state index < -0.39 is 5.54 Å². The van der Waals surface area contributed by atoms with E-state index in [0.29, 0.717) is 10.7 Å². The molecule has 0 aliphatic carbocycles. The maximum absolute atomic E-state index is 12.5. The molecule has 2 aromatic rings. The van der Waals surface area contributed by atoms with E-state index in [1.165, 1.54) is 0 Å². The molecule has 1 unspecified atom stereocenters. The lowest BCUT2D eigenvalue weighted by molar-refractivity contribution is -0.121. The molecule has 19 heavy (non-hydrogen) atoms. The van der Waals surface area contributed by atoms with Gasteiger partial charge in [0.1, 0.15) is 5.54 Å². The van der Waals surface area contributed by atoms with Gasteiger partial charge in [-0.2, -0.15) is 0 Å². The van der Waals surface area contributed by atoms with Gasteiger partial charge in [-0.25, -0.2) is 0 Å². The van der Waals surface area contributed by atoms with Crippen molar-refractivity contribution in [2.24, 2.45) is 5.73 Å². The molecule has 2 N–H and O–H groups in total. The number of carbonyl (C=O) groups is 1. The molecule has 0 fully saturated rings. The summed E-state index contributed by atoms with van der Waals surface area (Å²) in [6.07, 6.45) is 3.28. The Hall–Kier alpha value is -1.91. The first-order valence-electron chi connectivity index (χ1n) is 5.85. The third-order valence-electron chi connectivity index (χ3n) is 3.31. The molecule has 0 bridgehead atoms. The third-order valence-corrected chi connectivity index (χ3v) is 3.55. The number of hydrogen-bond acceptors (Lipinski definition) is 3. The van der Waals surface area contributed by atoms with Crippen LogP contribution in [0.2, 0.25) is 5.02 Å². The Morgan fingerprint density at radius 2 is 2.16 bits per heavy atom. The number of benzene rings is 1. The molecule has 4 nitrogen and oxygen atoms in total. The number of nitrogens with two attached hydrogens (primary N) is 1. The average molecular weight is 274 g/mol. The predicted molar refractivity (Wildman–Crippen MR) is 74.4 cm³/mol. The number of fused-ring (bicyclic) bond motifs is 1. The second-order valence-electron chi connectivity index (χ2n) is 4.72. The van der Waals surface area contributed by atoms with Crippen LogP contribution in [0.3, 0.4) is 0 Å². The summed E-state index contributed by atoms with van der Waals surface area (Å²) in [5.41, 5.74) is 7.26.